The van der Waals surface area contributed by atoms with E-state index in [0.29, 0.717) is 6.54 Å². The molecule has 0 N–H and O–H groups in total. The lowest BCUT2D eigenvalue weighted by molar-refractivity contribution is -0.507. The molecule has 0 bridgehead atoms. The number of hydrogen-bond donors (Lipinski definition) is 0. The van der Waals surface area contributed by atoms with Crippen molar-refractivity contribution in [3.8, 4) is 0 Å². The summed E-state index contributed by atoms with van der Waals surface area (Å²) in [5.74, 6) is 0.213. The van der Waals surface area contributed by atoms with Crippen LogP contribution < -0.4 is 0 Å². The van der Waals surface area contributed by atoms with Crippen molar-refractivity contribution in [3.05, 3.63) is 65.7 Å². The van der Waals surface area contributed by atoms with E-state index in [-0.39, 0.29) is 5.78 Å². The van der Waals surface area contributed by atoms with E-state index in [9.17, 15) is 4.79 Å². The zero-order valence-electron chi connectivity index (χ0n) is 13.5. The minimum Gasteiger partial charge on any atom is -0.287 e. The molecule has 0 atom stereocenters. The number of thioether (sulfide) groups is 1. The second-order valence-electron chi connectivity index (χ2n) is 5.91. The molecular formula is C20H22NOS+. The summed E-state index contributed by atoms with van der Waals surface area (Å²) in [4.78, 5) is 13.7. The summed E-state index contributed by atoms with van der Waals surface area (Å²) in [6.07, 6.45) is 5.26. The molecule has 0 aliphatic carbocycles. The van der Waals surface area contributed by atoms with E-state index < -0.39 is 0 Å². The average molecular weight is 324 g/mol. The molecule has 0 amide bonds. The summed E-state index contributed by atoms with van der Waals surface area (Å²) in [6.45, 7) is 1.50. The normalized spacial score (nSPS) is 14.3. The van der Waals surface area contributed by atoms with Crippen molar-refractivity contribution < 1.29 is 9.37 Å². The maximum atomic E-state index is 12.5. The van der Waals surface area contributed by atoms with Crippen molar-refractivity contribution in [2.45, 2.75) is 24.2 Å². The van der Waals surface area contributed by atoms with Gasteiger partial charge in [-0.05, 0) is 24.0 Å². The van der Waals surface area contributed by atoms with Crippen LogP contribution in [-0.2, 0) is 6.42 Å². The van der Waals surface area contributed by atoms with Crippen molar-refractivity contribution in [3.63, 3.8) is 0 Å². The van der Waals surface area contributed by atoms with Crippen molar-refractivity contribution >= 4 is 23.3 Å². The van der Waals surface area contributed by atoms with Crippen LogP contribution in [-0.4, -0.2) is 35.4 Å². The van der Waals surface area contributed by atoms with Crippen molar-refractivity contribution in [1.29, 1.82) is 0 Å². The summed E-state index contributed by atoms with van der Waals surface area (Å²) in [5, 5.41) is 0. The van der Waals surface area contributed by atoms with Gasteiger partial charge in [-0.25, -0.2) is 4.58 Å². The van der Waals surface area contributed by atoms with Gasteiger partial charge < -0.3 is 0 Å². The monoisotopic (exact) mass is 324 g/mol. The molecular weight excluding hydrogens is 302 g/mol. The molecule has 1 aliphatic heterocycles. The van der Waals surface area contributed by atoms with Gasteiger partial charge in [0.25, 0.3) is 0 Å². The van der Waals surface area contributed by atoms with Gasteiger partial charge in [-0.2, -0.15) is 0 Å². The number of Topliss-reactive ketones (excluding diaryl/α,β-unsaturated/α-hetero) is 1. The van der Waals surface area contributed by atoms with E-state index in [1.807, 2.05) is 36.6 Å². The zero-order valence-corrected chi connectivity index (χ0v) is 14.3. The predicted octanol–water partition coefficient (Wildman–Crippen LogP) is 4.08. The van der Waals surface area contributed by atoms with Gasteiger partial charge in [0.05, 0.1) is 6.42 Å². The second-order valence-corrected chi connectivity index (χ2v) is 6.79. The molecule has 1 aliphatic rings. The molecule has 0 spiro atoms. The molecule has 0 unspecified atom stereocenters. The number of rotatable bonds is 6. The van der Waals surface area contributed by atoms with E-state index in [0.717, 1.165) is 31.4 Å². The van der Waals surface area contributed by atoms with E-state index >= 15 is 0 Å². The lowest BCUT2D eigenvalue weighted by atomic mass is 10.1. The van der Waals surface area contributed by atoms with Crippen LogP contribution in [0.4, 0.5) is 0 Å². The summed E-state index contributed by atoms with van der Waals surface area (Å²) >= 11 is 1.70. The molecule has 23 heavy (non-hydrogen) atoms. The molecule has 2 aromatic carbocycles. The first-order valence-electron chi connectivity index (χ1n) is 8.07. The number of hydrogen-bond acceptors (Lipinski definition) is 2. The summed E-state index contributed by atoms with van der Waals surface area (Å²) in [6, 6.07) is 18.5. The third-order valence-electron chi connectivity index (χ3n) is 4.34. The summed E-state index contributed by atoms with van der Waals surface area (Å²) in [7, 11) is 0. The molecule has 0 aromatic heterocycles. The third-order valence-corrected chi connectivity index (χ3v) is 5.08. The van der Waals surface area contributed by atoms with Gasteiger partial charge in [-0.1, -0.05) is 42.5 Å². The van der Waals surface area contributed by atoms with Crippen LogP contribution >= 0.6 is 11.8 Å². The van der Waals surface area contributed by atoms with Crippen molar-refractivity contribution in [1.82, 2.24) is 0 Å². The van der Waals surface area contributed by atoms with Crippen LogP contribution in [0.2, 0.25) is 0 Å². The first-order valence-corrected chi connectivity index (χ1v) is 9.29. The van der Waals surface area contributed by atoms with Crippen LogP contribution in [0.5, 0.6) is 0 Å². The summed E-state index contributed by atoms with van der Waals surface area (Å²) in [5.41, 5.74) is 3.53. The Balaban J connectivity index is 1.71. The van der Waals surface area contributed by atoms with Gasteiger partial charge in [0.1, 0.15) is 6.54 Å². The number of carbonyl (C=O) groups is 1. The Kier molecular flexibility index (Phi) is 5.29. The fourth-order valence-corrected chi connectivity index (χ4v) is 3.46. The predicted molar refractivity (Wildman–Crippen MR) is 96.9 cm³/mol. The average Bonchev–Trinajstić information content (AvgIpc) is 3.02. The Morgan fingerprint density at radius 2 is 1.83 bits per heavy atom. The van der Waals surface area contributed by atoms with Gasteiger partial charge in [-0.15, -0.1) is 11.8 Å². The maximum Gasteiger partial charge on any atom is 0.227 e. The van der Waals surface area contributed by atoms with Crippen LogP contribution in [0.15, 0.2) is 59.5 Å². The molecule has 0 saturated heterocycles. The Hall–Kier alpha value is -1.87. The van der Waals surface area contributed by atoms with Gasteiger partial charge in [0, 0.05) is 23.3 Å². The number of carbonyl (C=O) groups excluding carboxylic acids is 1. The minimum absolute atomic E-state index is 0.213. The SMILES string of the molecule is CSc1ccc(C(=O)C[N+]2=C(Cc3ccccc3)CCC2)cc1. The topological polar surface area (TPSA) is 20.1 Å². The third kappa shape index (κ3) is 4.11. The van der Waals surface area contributed by atoms with Crippen LogP contribution in [0, 0.1) is 0 Å². The highest BCUT2D eigenvalue weighted by Gasteiger charge is 2.25. The van der Waals surface area contributed by atoms with E-state index in [1.54, 1.807) is 11.8 Å². The van der Waals surface area contributed by atoms with Crippen molar-refractivity contribution in [2.24, 2.45) is 0 Å². The largest absolute Gasteiger partial charge is 0.287 e. The first-order chi connectivity index (χ1) is 11.3. The van der Waals surface area contributed by atoms with Crippen LogP contribution in [0.1, 0.15) is 28.8 Å². The molecule has 0 saturated carbocycles. The maximum absolute atomic E-state index is 12.5. The Morgan fingerprint density at radius 3 is 2.52 bits per heavy atom. The lowest BCUT2D eigenvalue weighted by Gasteiger charge is -2.04. The molecule has 3 heteroatoms. The summed E-state index contributed by atoms with van der Waals surface area (Å²) < 4.78 is 2.28. The smallest absolute Gasteiger partial charge is 0.227 e. The van der Waals surface area contributed by atoms with E-state index in [1.165, 1.54) is 16.2 Å². The fraction of sp³-hybridized carbons (Fsp3) is 0.300. The molecule has 0 radical (unpaired) electrons. The molecule has 118 valence electrons. The highest BCUT2D eigenvalue weighted by Crippen LogP contribution is 2.16. The standard InChI is InChI=1S/C20H22NOS/c1-23-19-11-9-17(10-12-19)20(22)15-21-13-5-8-18(21)14-16-6-3-2-4-7-16/h2-4,6-7,9-12H,5,8,13-15H2,1H3/q+1. The minimum atomic E-state index is 0.213. The number of benzene rings is 2. The molecule has 2 aromatic rings. The van der Waals surface area contributed by atoms with E-state index in [4.69, 9.17) is 0 Å². The Morgan fingerprint density at radius 1 is 1.09 bits per heavy atom. The van der Waals surface area contributed by atoms with Gasteiger partial charge >= 0.3 is 0 Å². The fourth-order valence-electron chi connectivity index (χ4n) is 3.05. The van der Waals surface area contributed by atoms with Crippen LogP contribution in [0.3, 0.4) is 0 Å². The van der Waals surface area contributed by atoms with Gasteiger partial charge in [-0.3, -0.25) is 4.79 Å². The lowest BCUT2D eigenvalue weighted by Crippen LogP contribution is -2.24. The van der Waals surface area contributed by atoms with Gasteiger partial charge in [0.2, 0.25) is 12.3 Å². The number of ketones is 1. The second kappa shape index (κ2) is 7.60. The zero-order chi connectivity index (χ0) is 16.1. The number of nitrogens with zero attached hydrogens (tertiary/aromatic N) is 1. The molecule has 2 nitrogen and oxygen atoms in total. The van der Waals surface area contributed by atoms with E-state index in [2.05, 4.69) is 28.8 Å². The highest BCUT2D eigenvalue weighted by molar-refractivity contribution is 7.98. The van der Waals surface area contributed by atoms with Crippen molar-refractivity contribution in [2.75, 3.05) is 19.3 Å². The quantitative estimate of drug-likeness (QED) is 0.453. The Labute approximate surface area is 142 Å². The highest BCUT2D eigenvalue weighted by atomic mass is 32.2. The first kappa shape index (κ1) is 16.0. The molecule has 3 rings (SSSR count). The van der Waals surface area contributed by atoms with Crippen LogP contribution in [0.25, 0.3) is 0 Å². The molecule has 1 heterocycles. The molecule has 0 fully saturated rings. The van der Waals surface area contributed by atoms with Gasteiger partial charge in [0.15, 0.2) is 5.71 Å². The Bertz CT molecular complexity index is 704.